The number of nitrogens with zero attached hydrogens (tertiary/aromatic N) is 2. The van der Waals surface area contributed by atoms with Gasteiger partial charge in [0.25, 0.3) is 10.2 Å². The van der Waals surface area contributed by atoms with Crippen molar-refractivity contribution in [1.82, 2.24) is 8.61 Å². The molecular weight excluding hydrogens is 480 g/mol. The van der Waals surface area contributed by atoms with Crippen LogP contribution in [-0.2, 0) is 19.7 Å². The first-order chi connectivity index (χ1) is 15.6. The molecule has 0 aliphatic carbocycles. The lowest BCUT2D eigenvalue weighted by atomic mass is 10.0. The molecule has 11 heteroatoms. The third-order valence-corrected chi connectivity index (χ3v) is 8.01. The second-order valence-corrected chi connectivity index (χ2v) is 10.3. The number of amidine groups is 1. The normalized spacial score (nSPS) is 20.6. The lowest BCUT2D eigenvalue weighted by Crippen LogP contribution is -2.48. The smallest absolute Gasteiger partial charge is 0.310 e. The van der Waals surface area contributed by atoms with Crippen molar-refractivity contribution >= 4 is 34.4 Å². The van der Waals surface area contributed by atoms with E-state index in [4.69, 9.17) is 20.6 Å². The molecule has 3 atom stereocenters. The Balaban J connectivity index is 0.00000408. The number of hydrogen-bond acceptors (Lipinski definition) is 6. The molecule has 1 fully saturated rings. The maximum Gasteiger partial charge on any atom is 0.310 e. The summed E-state index contributed by atoms with van der Waals surface area (Å²) < 4.78 is 39.1. The van der Waals surface area contributed by atoms with Gasteiger partial charge in [0.15, 0.2) is 0 Å². The maximum absolute atomic E-state index is 12.9. The SMILES string of the molecule is COC(=O)[C@H]1C[C@@H](COc2ccc(-c3ccc(C(=N)N)cc3)cc2)N(S(=O)(=O)N(C)C)C1C.Cl. The molecule has 186 valence electrons. The summed E-state index contributed by atoms with van der Waals surface area (Å²) in [5, 5.41) is 7.48. The molecule has 2 aromatic carbocycles. The fourth-order valence-electron chi connectivity index (χ4n) is 4.06. The van der Waals surface area contributed by atoms with E-state index < -0.39 is 34.2 Å². The van der Waals surface area contributed by atoms with Crippen LogP contribution in [0.2, 0.25) is 0 Å². The summed E-state index contributed by atoms with van der Waals surface area (Å²) in [4.78, 5) is 12.2. The van der Waals surface area contributed by atoms with Gasteiger partial charge in [-0.3, -0.25) is 10.2 Å². The highest BCUT2D eigenvalue weighted by Gasteiger charge is 2.49. The number of benzene rings is 2. The number of carbonyl (C=O) groups is 1. The number of ether oxygens (including phenoxy) is 2. The van der Waals surface area contributed by atoms with Gasteiger partial charge in [-0.15, -0.1) is 12.4 Å². The first-order valence-electron chi connectivity index (χ1n) is 10.5. The molecule has 0 aromatic heterocycles. The number of nitrogens with one attached hydrogen (secondary N) is 1. The van der Waals surface area contributed by atoms with Gasteiger partial charge in [-0.25, -0.2) is 0 Å². The molecule has 3 N–H and O–H groups in total. The fourth-order valence-corrected chi connectivity index (χ4v) is 5.52. The van der Waals surface area contributed by atoms with E-state index in [-0.39, 0.29) is 24.8 Å². The van der Waals surface area contributed by atoms with Gasteiger partial charge in [-0.05, 0) is 36.6 Å². The molecule has 1 saturated heterocycles. The van der Waals surface area contributed by atoms with E-state index in [1.165, 1.54) is 25.5 Å². The Kier molecular flexibility index (Phi) is 9.07. The number of nitrogens with two attached hydrogens (primary N) is 1. The summed E-state index contributed by atoms with van der Waals surface area (Å²) in [6.07, 6.45) is 0.321. The van der Waals surface area contributed by atoms with Crippen LogP contribution in [0.15, 0.2) is 48.5 Å². The van der Waals surface area contributed by atoms with Crippen LogP contribution in [0.3, 0.4) is 0 Å². The molecule has 0 saturated carbocycles. The fraction of sp³-hybridized carbons (Fsp3) is 0.391. The Hall–Kier alpha value is -2.66. The summed E-state index contributed by atoms with van der Waals surface area (Å²) in [5.74, 6) is -0.371. The molecule has 0 amide bonds. The van der Waals surface area contributed by atoms with Crippen LogP contribution in [0.1, 0.15) is 18.9 Å². The number of halogens is 1. The van der Waals surface area contributed by atoms with Gasteiger partial charge in [0.2, 0.25) is 0 Å². The van der Waals surface area contributed by atoms with Gasteiger partial charge in [0, 0.05) is 25.7 Å². The van der Waals surface area contributed by atoms with Crippen LogP contribution in [-0.4, -0.2) is 68.7 Å². The van der Waals surface area contributed by atoms with Crippen LogP contribution < -0.4 is 10.5 Å². The van der Waals surface area contributed by atoms with Gasteiger partial charge in [-0.2, -0.15) is 17.0 Å². The minimum absolute atomic E-state index is 0. The van der Waals surface area contributed by atoms with E-state index in [9.17, 15) is 13.2 Å². The highest BCUT2D eigenvalue weighted by Crippen LogP contribution is 2.34. The van der Waals surface area contributed by atoms with Crippen molar-refractivity contribution in [3.05, 3.63) is 54.1 Å². The molecule has 1 heterocycles. The lowest BCUT2D eigenvalue weighted by molar-refractivity contribution is -0.145. The summed E-state index contributed by atoms with van der Waals surface area (Å²) in [6.45, 7) is 1.83. The quantitative estimate of drug-likeness (QED) is 0.319. The number of carbonyl (C=O) groups excluding carboxylic acids is 1. The van der Waals surface area contributed by atoms with Crippen molar-refractivity contribution in [1.29, 1.82) is 5.41 Å². The van der Waals surface area contributed by atoms with Gasteiger partial charge in [0.1, 0.15) is 18.2 Å². The van der Waals surface area contributed by atoms with Gasteiger partial charge < -0.3 is 15.2 Å². The standard InChI is InChI=1S/C23H30N4O5S.ClH/c1-15-21(23(28)31-4)13-19(27(15)33(29,30)26(2)3)14-32-20-11-9-17(10-12-20)16-5-7-18(8-6-16)22(24)25;/h5-12,15,19,21H,13-14H2,1-4H3,(H3,24,25);1H/t15?,19-,21-;/m0./s1. The van der Waals surface area contributed by atoms with E-state index in [1.54, 1.807) is 19.1 Å². The summed E-state index contributed by atoms with van der Waals surface area (Å²) in [7, 11) is 0.484. The van der Waals surface area contributed by atoms with Crippen molar-refractivity contribution in [2.45, 2.75) is 25.4 Å². The zero-order valence-corrected chi connectivity index (χ0v) is 21.2. The minimum atomic E-state index is -3.75. The molecule has 2 aromatic rings. The molecule has 1 aliphatic rings. The van der Waals surface area contributed by atoms with E-state index in [2.05, 4.69) is 0 Å². The Morgan fingerprint density at radius 3 is 2.12 bits per heavy atom. The molecule has 0 radical (unpaired) electrons. The summed E-state index contributed by atoms with van der Waals surface area (Å²) >= 11 is 0. The topological polar surface area (TPSA) is 126 Å². The predicted molar refractivity (Wildman–Crippen MR) is 133 cm³/mol. The van der Waals surface area contributed by atoms with Crippen molar-refractivity contribution < 1.29 is 22.7 Å². The van der Waals surface area contributed by atoms with Crippen LogP contribution >= 0.6 is 12.4 Å². The summed E-state index contributed by atoms with van der Waals surface area (Å²) in [5.41, 5.74) is 8.10. The van der Waals surface area contributed by atoms with Gasteiger partial charge in [0.05, 0.1) is 19.1 Å². The monoisotopic (exact) mass is 510 g/mol. The zero-order chi connectivity index (χ0) is 24.3. The van der Waals surface area contributed by atoms with Crippen molar-refractivity contribution in [3.63, 3.8) is 0 Å². The Morgan fingerprint density at radius 2 is 1.65 bits per heavy atom. The largest absolute Gasteiger partial charge is 0.492 e. The molecule has 0 bridgehead atoms. The Labute approximate surface area is 206 Å². The van der Waals surface area contributed by atoms with Crippen molar-refractivity contribution in [2.24, 2.45) is 11.7 Å². The maximum atomic E-state index is 12.9. The number of methoxy groups -OCH3 is 1. The second-order valence-electron chi connectivity index (χ2n) is 8.21. The van der Waals surface area contributed by atoms with E-state index in [0.717, 1.165) is 15.4 Å². The highest BCUT2D eigenvalue weighted by atomic mass is 35.5. The van der Waals surface area contributed by atoms with Gasteiger partial charge >= 0.3 is 5.97 Å². The average Bonchev–Trinajstić information content (AvgIpc) is 3.14. The van der Waals surface area contributed by atoms with E-state index in [0.29, 0.717) is 17.7 Å². The predicted octanol–water partition coefficient (Wildman–Crippen LogP) is 2.50. The minimum Gasteiger partial charge on any atom is -0.492 e. The molecule has 1 unspecified atom stereocenters. The van der Waals surface area contributed by atoms with Crippen LogP contribution in [0.4, 0.5) is 0 Å². The lowest BCUT2D eigenvalue weighted by Gasteiger charge is -2.30. The number of esters is 1. The summed E-state index contributed by atoms with van der Waals surface area (Å²) in [6, 6.07) is 13.8. The first kappa shape index (κ1) is 27.6. The van der Waals surface area contributed by atoms with Crippen molar-refractivity contribution in [2.75, 3.05) is 27.8 Å². The number of rotatable bonds is 8. The van der Waals surface area contributed by atoms with Crippen LogP contribution in [0.5, 0.6) is 5.75 Å². The Morgan fingerprint density at radius 1 is 1.12 bits per heavy atom. The molecule has 0 spiro atoms. The van der Waals surface area contributed by atoms with E-state index in [1.807, 2.05) is 36.4 Å². The van der Waals surface area contributed by atoms with E-state index >= 15 is 0 Å². The molecule has 1 aliphatic heterocycles. The third kappa shape index (κ3) is 5.69. The molecular formula is C23H31ClN4O5S. The molecule has 9 nitrogen and oxygen atoms in total. The van der Waals surface area contributed by atoms with Crippen LogP contribution in [0.25, 0.3) is 11.1 Å². The first-order valence-corrected chi connectivity index (χ1v) is 11.9. The van der Waals surface area contributed by atoms with Gasteiger partial charge in [-0.1, -0.05) is 36.4 Å². The van der Waals surface area contributed by atoms with Crippen LogP contribution in [0, 0.1) is 11.3 Å². The average molecular weight is 511 g/mol. The number of nitrogen functional groups attached to an aromatic ring is 1. The third-order valence-electron chi connectivity index (χ3n) is 5.93. The zero-order valence-electron chi connectivity index (χ0n) is 19.6. The number of hydrogen-bond donors (Lipinski definition) is 2. The van der Waals surface area contributed by atoms with Crippen molar-refractivity contribution in [3.8, 4) is 16.9 Å². The molecule has 34 heavy (non-hydrogen) atoms. The second kappa shape index (κ2) is 11.2. The highest BCUT2D eigenvalue weighted by molar-refractivity contribution is 7.86. The Bertz CT molecular complexity index is 1110. The molecule has 3 rings (SSSR count).